The van der Waals surface area contributed by atoms with Gasteiger partial charge in [-0.2, -0.15) is 0 Å². The van der Waals surface area contributed by atoms with Gasteiger partial charge >= 0.3 is 11.9 Å². The molecule has 3 aromatic rings. The molecule has 0 bridgehead atoms. The lowest BCUT2D eigenvalue weighted by molar-refractivity contribution is -0.144. The first-order chi connectivity index (χ1) is 20.1. The van der Waals surface area contributed by atoms with Crippen molar-refractivity contribution in [1.82, 2.24) is 10.2 Å². The standard InChI is InChI=1S/C31H32N4O6S/c1-19(36)35-16-15-22-18-24(33-31(42)32-23-5-3-2-4-6-23)12-13-25(22)28(35)29(39)34-26(30(40)41)17-21-9-7-20(8-10-21)11-14-27(37)38/h2-10,12-13,18,26,28H,11,14-17H2,1H3,(H,34,39)(H,37,38)(H,40,41)(H2,32,33,42). The van der Waals surface area contributed by atoms with Gasteiger partial charge in [0, 0.05) is 37.7 Å². The lowest BCUT2D eigenvalue weighted by atomic mass is 9.91. The molecule has 0 saturated carbocycles. The number of carboxylic acids is 2. The van der Waals surface area contributed by atoms with E-state index < -0.39 is 29.9 Å². The van der Waals surface area contributed by atoms with Gasteiger partial charge in [0.25, 0.3) is 0 Å². The maximum Gasteiger partial charge on any atom is 0.326 e. The van der Waals surface area contributed by atoms with Crippen LogP contribution in [0.3, 0.4) is 0 Å². The summed E-state index contributed by atoms with van der Waals surface area (Å²) in [5, 5.41) is 28.0. The average Bonchev–Trinajstić information content (AvgIpc) is 2.96. The molecule has 11 heteroatoms. The molecule has 1 aliphatic heterocycles. The van der Waals surface area contributed by atoms with Crippen molar-refractivity contribution in [1.29, 1.82) is 0 Å². The fourth-order valence-corrected chi connectivity index (χ4v) is 5.16. The minimum absolute atomic E-state index is 0.00250. The van der Waals surface area contributed by atoms with E-state index in [1.165, 1.54) is 11.8 Å². The summed E-state index contributed by atoms with van der Waals surface area (Å²) in [6, 6.07) is 19.6. The molecular weight excluding hydrogens is 556 g/mol. The SMILES string of the molecule is CC(=O)N1CCc2cc(NC(=S)Nc3ccccc3)ccc2C1C(=O)NC(Cc1ccc(CCC(=O)O)cc1)C(=O)O. The molecule has 2 unspecified atom stereocenters. The number of hydrogen-bond donors (Lipinski definition) is 5. The predicted octanol–water partition coefficient (Wildman–Crippen LogP) is 3.77. The normalized spacial score (nSPS) is 14.7. The highest BCUT2D eigenvalue weighted by Crippen LogP contribution is 2.32. The number of aliphatic carboxylic acids is 2. The van der Waals surface area contributed by atoms with Crippen molar-refractivity contribution in [2.45, 2.75) is 44.7 Å². The molecule has 0 saturated heterocycles. The topological polar surface area (TPSA) is 148 Å². The van der Waals surface area contributed by atoms with Crippen LogP contribution in [0.15, 0.2) is 72.8 Å². The molecule has 218 valence electrons. The van der Waals surface area contributed by atoms with Gasteiger partial charge in [0.1, 0.15) is 12.1 Å². The molecule has 5 N–H and O–H groups in total. The molecule has 0 aliphatic carbocycles. The summed E-state index contributed by atoms with van der Waals surface area (Å²) in [6.45, 7) is 1.68. The maximum atomic E-state index is 13.6. The van der Waals surface area contributed by atoms with E-state index in [-0.39, 0.29) is 18.7 Å². The van der Waals surface area contributed by atoms with Crippen molar-refractivity contribution >= 4 is 52.5 Å². The van der Waals surface area contributed by atoms with Crippen LogP contribution in [0.4, 0.5) is 11.4 Å². The van der Waals surface area contributed by atoms with Crippen molar-refractivity contribution in [3.63, 3.8) is 0 Å². The number of amides is 2. The summed E-state index contributed by atoms with van der Waals surface area (Å²) in [7, 11) is 0. The van der Waals surface area contributed by atoms with Crippen molar-refractivity contribution in [2.24, 2.45) is 0 Å². The predicted molar refractivity (Wildman–Crippen MR) is 162 cm³/mol. The van der Waals surface area contributed by atoms with Crippen LogP contribution in [0.5, 0.6) is 0 Å². The minimum Gasteiger partial charge on any atom is -0.481 e. The summed E-state index contributed by atoms with van der Waals surface area (Å²) in [4.78, 5) is 50.5. The van der Waals surface area contributed by atoms with E-state index in [0.717, 1.165) is 16.8 Å². The molecule has 10 nitrogen and oxygen atoms in total. The molecule has 1 aliphatic rings. The van der Waals surface area contributed by atoms with Gasteiger partial charge in [-0.25, -0.2) is 4.79 Å². The molecule has 0 aromatic heterocycles. The monoisotopic (exact) mass is 588 g/mol. The van der Waals surface area contributed by atoms with E-state index in [1.54, 1.807) is 36.4 Å². The highest BCUT2D eigenvalue weighted by molar-refractivity contribution is 7.80. The number of carbonyl (C=O) groups excluding carboxylic acids is 2. The van der Waals surface area contributed by atoms with Crippen molar-refractivity contribution in [3.8, 4) is 0 Å². The Hall–Kier alpha value is -4.77. The molecule has 0 spiro atoms. The summed E-state index contributed by atoms with van der Waals surface area (Å²) >= 11 is 5.43. The molecule has 0 radical (unpaired) electrons. The largest absolute Gasteiger partial charge is 0.481 e. The molecular formula is C31H32N4O6S. The number of anilines is 2. The van der Waals surface area contributed by atoms with Crippen molar-refractivity contribution in [3.05, 3.63) is 95.1 Å². The second-order valence-electron chi connectivity index (χ2n) is 10.0. The van der Waals surface area contributed by atoms with Crippen LogP contribution < -0.4 is 16.0 Å². The van der Waals surface area contributed by atoms with E-state index in [4.69, 9.17) is 17.3 Å². The Morgan fingerprint density at radius 1 is 0.929 bits per heavy atom. The van der Waals surface area contributed by atoms with Gasteiger partial charge in [-0.15, -0.1) is 0 Å². The van der Waals surface area contributed by atoms with Gasteiger partial charge in [0.05, 0.1) is 0 Å². The summed E-state index contributed by atoms with van der Waals surface area (Å²) in [5.41, 5.74) is 4.51. The number of fused-ring (bicyclic) bond motifs is 1. The average molecular weight is 589 g/mol. The Kier molecular flexibility index (Phi) is 9.87. The van der Waals surface area contributed by atoms with E-state index in [1.807, 2.05) is 36.4 Å². The molecule has 3 aromatic carbocycles. The van der Waals surface area contributed by atoms with E-state index in [9.17, 15) is 24.3 Å². The number of nitrogens with one attached hydrogen (secondary N) is 3. The van der Waals surface area contributed by atoms with Crippen molar-refractivity contribution < 1.29 is 29.4 Å². The number of rotatable bonds is 10. The minimum atomic E-state index is -1.23. The number of hydrogen-bond acceptors (Lipinski definition) is 5. The van der Waals surface area contributed by atoms with Gasteiger partial charge in [-0.1, -0.05) is 48.5 Å². The molecule has 1 heterocycles. The van der Waals surface area contributed by atoms with Gasteiger partial charge in [0.15, 0.2) is 5.11 Å². The fourth-order valence-electron chi connectivity index (χ4n) is 4.92. The molecule has 0 fully saturated rings. The number of benzene rings is 3. The molecule has 4 rings (SSSR count). The van der Waals surface area contributed by atoms with Crippen LogP contribution in [0.25, 0.3) is 0 Å². The second kappa shape index (κ2) is 13.7. The highest BCUT2D eigenvalue weighted by atomic mass is 32.1. The number of aryl methyl sites for hydroxylation is 1. The van der Waals surface area contributed by atoms with E-state index >= 15 is 0 Å². The van der Waals surface area contributed by atoms with Crippen LogP contribution in [0.2, 0.25) is 0 Å². The smallest absolute Gasteiger partial charge is 0.326 e. The lowest BCUT2D eigenvalue weighted by Gasteiger charge is -2.36. The van der Waals surface area contributed by atoms with Gasteiger partial charge in [0.2, 0.25) is 11.8 Å². The molecule has 2 atom stereocenters. The van der Waals surface area contributed by atoms with Crippen LogP contribution in [0, 0.1) is 0 Å². The Balaban J connectivity index is 1.48. The third-order valence-corrected chi connectivity index (χ3v) is 7.22. The van der Waals surface area contributed by atoms with Crippen LogP contribution in [-0.4, -0.2) is 56.6 Å². The third kappa shape index (κ3) is 7.91. The fraction of sp³-hybridized carbons (Fsp3) is 0.258. The maximum absolute atomic E-state index is 13.6. The summed E-state index contributed by atoms with van der Waals surface area (Å²) in [5.74, 6) is -2.98. The van der Waals surface area contributed by atoms with Gasteiger partial charge in [-0.05, 0) is 71.6 Å². The number of para-hydroxylation sites is 1. The zero-order valence-electron chi connectivity index (χ0n) is 23.0. The zero-order chi connectivity index (χ0) is 30.2. The Labute approximate surface area is 248 Å². The molecule has 2 amide bonds. The molecule has 42 heavy (non-hydrogen) atoms. The second-order valence-corrected chi connectivity index (χ2v) is 10.4. The zero-order valence-corrected chi connectivity index (χ0v) is 23.8. The first-order valence-corrected chi connectivity index (χ1v) is 13.9. The lowest BCUT2D eigenvalue weighted by Crippen LogP contribution is -2.51. The Morgan fingerprint density at radius 3 is 2.24 bits per heavy atom. The van der Waals surface area contributed by atoms with E-state index in [2.05, 4.69) is 16.0 Å². The van der Waals surface area contributed by atoms with Crippen LogP contribution in [0.1, 0.15) is 41.6 Å². The third-order valence-electron chi connectivity index (χ3n) is 7.02. The Bertz CT molecular complexity index is 1480. The summed E-state index contributed by atoms with van der Waals surface area (Å²) in [6.07, 6.45) is 0.902. The van der Waals surface area contributed by atoms with Crippen molar-refractivity contribution in [2.75, 3.05) is 17.2 Å². The summed E-state index contributed by atoms with van der Waals surface area (Å²) < 4.78 is 0. The first kappa shape index (κ1) is 30.2. The van der Waals surface area contributed by atoms with Crippen LogP contribution in [-0.2, 0) is 38.4 Å². The van der Waals surface area contributed by atoms with Gasteiger partial charge < -0.3 is 31.1 Å². The number of thiocarbonyl (C=S) groups is 1. The number of carbonyl (C=O) groups is 4. The van der Waals surface area contributed by atoms with Gasteiger partial charge in [-0.3, -0.25) is 14.4 Å². The van der Waals surface area contributed by atoms with E-state index in [0.29, 0.717) is 41.3 Å². The first-order valence-electron chi connectivity index (χ1n) is 13.5. The number of nitrogens with zero attached hydrogens (tertiary/aromatic N) is 1. The number of carboxylic acid groups (broad SMARTS) is 2. The quantitative estimate of drug-likeness (QED) is 0.223. The highest BCUT2D eigenvalue weighted by Gasteiger charge is 2.36. The van der Waals surface area contributed by atoms with Crippen LogP contribution >= 0.6 is 12.2 Å². The Morgan fingerprint density at radius 2 is 1.60 bits per heavy atom.